The standard InChI is InChI=1S/C24H22FN3O2/c1-17-5-4-14-28-15-20(27-23(17)28)16-30-22-7-3-2-6-21(22)24(29)26-13-12-18-8-10-19(25)11-9-18/h2-11,14-15H,12-13,16H2,1H3,(H,26,29). The average molecular weight is 403 g/mol. The first kappa shape index (κ1) is 19.6. The molecule has 0 radical (unpaired) electrons. The van der Waals surface area contributed by atoms with E-state index >= 15 is 0 Å². The number of carbonyl (C=O) groups is 1. The molecule has 30 heavy (non-hydrogen) atoms. The van der Waals surface area contributed by atoms with E-state index in [1.54, 1.807) is 30.3 Å². The molecule has 152 valence electrons. The number of halogens is 1. The van der Waals surface area contributed by atoms with Crippen molar-refractivity contribution in [2.45, 2.75) is 20.0 Å². The van der Waals surface area contributed by atoms with Crippen LogP contribution in [0.2, 0.25) is 0 Å². The summed E-state index contributed by atoms with van der Waals surface area (Å²) in [5.41, 5.74) is 4.20. The predicted molar refractivity (Wildman–Crippen MR) is 113 cm³/mol. The lowest BCUT2D eigenvalue weighted by molar-refractivity contribution is 0.0949. The molecule has 2 heterocycles. The predicted octanol–water partition coefficient (Wildman–Crippen LogP) is 4.33. The zero-order valence-electron chi connectivity index (χ0n) is 16.6. The van der Waals surface area contributed by atoms with E-state index in [-0.39, 0.29) is 18.3 Å². The molecule has 6 heteroatoms. The van der Waals surface area contributed by atoms with E-state index < -0.39 is 0 Å². The van der Waals surface area contributed by atoms with Gasteiger partial charge in [-0.15, -0.1) is 0 Å². The maximum absolute atomic E-state index is 13.0. The Hall–Kier alpha value is -3.67. The Labute approximate surface area is 174 Å². The Morgan fingerprint density at radius 2 is 1.90 bits per heavy atom. The van der Waals surface area contributed by atoms with Crippen LogP contribution in [0.1, 0.15) is 27.2 Å². The summed E-state index contributed by atoms with van der Waals surface area (Å²) >= 11 is 0. The number of hydrogen-bond acceptors (Lipinski definition) is 3. The number of aromatic nitrogens is 2. The first-order valence-corrected chi connectivity index (χ1v) is 9.78. The minimum Gasteiger partial charge on any atom is -0.486 e. The van der Waals surface area contributed by atoms with Crippen LogP contribution in [0.15, 0.2) is 73.1 Å². The van der Waals surface area contributed by atoms with Gasteiger partial charge in [0.05, 0.1) is 11.3 Å². The van der Waals surface area contributed by atoms with Gasteiger partial charge in [0.15, 0.2) is 0 Å². The zero-order valence-corrected chi connectivity index (χ0v) is 16.6. The van der Waals surface area contributed by atoms with Crippen molar-refractivity contribution >= 4 is 11.6 Å². The number of benzene rings is 2. The molecule has 0 aliphatic carbocycles. The number of imidazole rings is 1. The normalized spacial score (nSPS) is 10.9. The lowest BCUT2D eigenvalue weighted by atomic mass is 10.1. The van der Waals surface area contributed by atoms with E-state index in [1.807, 2.05) is 41.9 Å². The number of rotatable bonds is 7. The van der Waals surface area contributed by atoms with E-state index in [0.29, 0.717) is 24.3 Å². The SMILES string of the molecule is Cc1cccn2cc(COc3ccccc3C(=O)NCCc3ccc(F)cc3)nc12. The summed E-state index contributed by atoms with van der Waals surface area (Å²) in [4.78, 5) is 17.2. The maximum atomic E-state index is 13.0. The van der Waals surface area contributed by atoms with Gasteiger partial charge in [-0.2, -0.15) is 0 Å². The number of pyridine rings is 1. The van der Waals surface area contributed by atoms with Crippen LogP contribution in [-0.2, 0) is 13.0 Å². The third kappa shape index (κ3) is 4.49. The lowest BCUT2D eigenvalue weighted by Crippen LogP contribution is -2.26. The van der Waals surface area contributed by atoms with Crippen LogP contribution in [-0.4, -0.2) is 21.8 Å². The Balaban J connectivity index is 1.39. The lowest BCUT2D eigenvalue weighted by Gasteiger charge is -2.11. The fourth-order valence-corrected chi connectivity index (χ4v) is 3.27. The molecular formula is C24H22FN3O2. The molecule has 2 aromatic carbocycles. The minimum atomic E-state index is -0.269. The molecule has 0 aliphatic rings. The summed E-state index contributed by atoms with van der Waals surface area (Å²) in [5.74, 6) is 0.0266. The van der Waals surface area contributed by atoms with Crippen molar-refractivity contribution in [3.05, 3.63) is 101 Å². The fourth-order valence-electron chi connectivity index (χ4n) is 3.27. The van der Waals surface area contributed by atoms with E-state index in [2.05, 4.69) is 10.3 Å². The van der Waals surface area contributed by atoms with E-state index in [0.717, 1.165) is 22.5 Å². The van der Waals surface area contributed by atoms with Gasteiger partial charge < -0.3 is 14.5 Å². The highest BCUT2D eigenvalue weighted by atomic mass is 19.1. The second-order valence-electron chi connectivity index (χ2n) is 7.07. The van der Waals surface area contributed by atoms with Gasteiger partial charge >= 0.3 is 0 Å². The van der Waals surface area contributed by atoms with Gasteiger partial charge in [-0.05, 0) is 54.8 Å². The molecule has 2 aromatic heterocycles. The molecule has 0 atom stereocenters. The molecule has 4 aromatic rings. The van der Waals surface area contributed by atoms with Crippen LogP contribution in [0, 0.1) is 12.7 Å². The third-order valence-electron chi connectivity index (χ3n) is 4.85. The second-order valence-corrected chi connectivity index (χ2v) is 7.07. The van der Waals surface area contributed by atoms with Crippen LogP contribution >= 0.6 is 0 Å². The monoisotopic (exact) mass is 403 g/mol. The topological polar surface area (TPSA) is 55.6 Å². The van der Waals surface area contributed by atoms with Crippen LogP contribution in [0.3, 0.4) is 0 Å². The van der Waals surface area contributed by atoms with Crippen molar-refractivity contribution in [3.63, 3.8) is 0 Å². The number of nitrogens with one attached hydrogen (secondary N) is 1. The summed E-state index contributed by atoms with van der Waals surface area (Å²) in [6.45, 7) is 2.73. The second kappa shape index (κ2) is 8.78. The molecule has 0 fully saturated rings. The molecule has 0 saturated carbocycles. The van der Waals surface area contributed by atoms with Crippen molar-refractivity contribution < 1.29 is 13.9 Å². The average Bonchev–Trinajstić information content (AvgIpc) is 3.18. The molecule has 5 nitrogen and oxygen atoms in total. The molecule has 1 N–H and O–H groups in total. The Morgan fingerprint density at radius 3 is 2.70 bits per heavy atom. The van der Waals surface area contributed by atoms with Crippen LogP contribution in [0.5, 0.6) is 5.75 Å². The van der Waals surface area contributed by atoms with Crippen LogP contribution in [0.4, 0.5) is 4.39 Å². The van der Waals surface area contributed by atoms with Gasteiger partial charge in [0.2, 0.25) is 0 Å². The quantitative estimate of drug-likeness (QED) is 0.500. The molecule has 0 aliphatic heterocycles. The number of amides is 1. The van der Waals surface area contributed by atoms with Crippen LogP contribution < -0.4 is 10.1 Å². The number of carbonyl (C=O) groups excluding carboxylic acids is 1. The van der Waals surface area contributed by atoms with Crippen molar-refractivity contribution in [2.24, 2.45) is 0 Å². The highest BCUT2D eigenvalue weighted by Crippen LogP contribution is 2.20. The number of hydrogen-bond donors (Lipinski definition) is 1. The summed E-state index contributed by atoms with van der Waals surface area (Å²) in [6, 6.07) is 17.4. The molecule has 0 unspecified atom stereocenters. The van der Waals surface area contributed by atoms with Gasteiger partial charge in [-0.3, -0.25) is 4.79 Å². The first-order valence-electron chi connectivity index (χ1n) is 9.78. The van der Waals surface area contributed by atoms with Gasteiger partial charge in [0, 0.05) is 18.9 Å². The number of aryl methyl sites for hydroxylation is 1. The minimum absolute atomic E-state index is 0.210. The third-order valence-corrected chi connectivity index (χ3v) is 4.85. The van der Waals surface area contributed by atoms with E-state index in [4.69, 9.17) is 4.74 Å². The van der Waals surface area contributed by atoms with Gasteiger partial charge in [0.1, 0.15) is 23.8 Å². The number of fused-ring (bicyclic) bond motifs is 1. The fraction of sp³-hybridized carbons (Fsp3) is 0.167. The van der Waals surface area contributed by atoms with Crippen LogP contribution in [0.25, 0.3) is 5.65 Å². The van der Waals surface area contributed by atoms with Crippen molar-refractivity contribution in [2.75, 3.05) is 6.54 Å². The highest BCUT2D eigenvalue weighted by Gasteiger charge is 2.13. The summed E-state index contributed by atoms with van der Waals surface area (Å²) in [6.07, 6.45) is 4.49. The van der Waals surface area contributed by atoms with E-state index in [1.165, 1.54) is 12.1 Å². The summed E-state index contributed by atoms with van der Waals surface area (Å²) in [5, 5.41) is 2.90. The molecule has 0 saturated heterocycles. The van der Waals surface area contributed by atoms with Gasteiger partial charge in [-0.1, -0.05) is 30.3 Å². The number of ether oxygens (including phenoxy) is 1. The Bertz CT molecular complexity index is 1170. The molecule has 0 spiro atoms. The van der Waals surface area contributed by atoms with Crippen molar-refractivity contribution in [3.8, 4) is 5.75 Å². The summed E-state index contributed by atoms with van der Waals surface area (Å²) < 4.78 is 20.9. The molecule has 1 amide bonds. The van der Waals surface area contributed by atoms with Gasteiger partial charge in [0.25, 0.3) is 5.91 Å². The van der Waals surface area contributed by atoms with Gasteiger partial charge in [-0.25, -0.2) is 9.37 Å². The number of para-hydroxylation sites is 1. The van der Waals surface area contributed by atoms with E-state index in [9.17, 15) is 9.18 Å². The molecular weight excluding hydrogens is 381 g/mol. The first-order chi connectivity index (χ1) is 14.6. The Morgan fingerprint density at radius 1 is 1.10 bits per heavy atom. The maximum Gasteiger partial charge on any atom is 0.255 e. The van der Waals surface area contributed by atoms with Crippen molar-refractivity contribution in [1.29, 1.82) is 0 Å². The smallest absolute Gasteiger partial charge is 0.255 e. The zero-order chi connectivity index (χ0) is 20.9. The number of nitrogens with zero attached hydrogens (tertiary/aromatic N) is 2. The highest BCUT2D eigenvalue weighted by molar-refractivity contribution is 5.96. The largest absolute Gasteiger partial charge is 0.486 e. The molecule has 4 rings (SSSR count). The Kier molecular flexibility index (Phi) is 5.75. The summed E-state index contributed by atoms with van der Waals surface area (Å²) in [7, 11) is 0. The van der Waals surface area contributed by atoms with Crippen molar-refractivity contribution in [1.82, 2.24) is 14.7 Å². The molecule has 0 bridgehead atoms.